The van der Waals surface area contributed by atoms with Gasteiger partial charge in [0.1, 0.15) is 11.5 Å². The van der Waals surface area contributed by atoms with Crippen molar-refractivity contribution in [3.05, 3.63) is 54.5 Å². The van der Waals surface area contributed by atoms with Crippen LogP contribution in [0.3, 0.4) is 0 Å². The van der Waals surface area contributed by atoms with Crippen molar-refractivity contribution >= 4 is 11.7 Å². The molecule has 0 spiro atoms. The minimum Gasteiger partial charge on any atom is -0.468 e. The molecule has 0 fully saturated rings. The Labute approximate surface area is 127 Å². The Bertz CT molecular complexity index is 730. The average Bonchev–Trinajstić information content (AvgIpc) is 3.16. The Balaban J connectivity index is 1.71. The van der Waals surface area contributed by atoms with Gasteiger partial charge in [0.25, 0.3) is 5.91 Å². The van der Waals surface area contributed by atoms with Crippen molar-refractivity contribution in [3.8, 4) is 0 Å². The molecule has 0 unspecified atom stereocenters. The van der Waals surface area contributed by atoms with E-state index >= 15 is 0 Å². The molecule has 0 saturated heterocycles. The van der Waals surface area contributed by atoms with E-state index in [4.69, 9.17) is 4.42 Å². The Hall–Kier alpha value is -2.67. The number of carbonyl (C=O) groups excluding carboxylic acids is 1. The lowest BCUT2D eigenvalue weighted by atomic mass is 10.2. The van der Waals surface area contributed by atoms with Crippen LogP contribution in [0.15, 0.2) is 47.5 Å². The third kappa shape index (κ3) is 2.84. The lowest BCUT2D eigenvalue weighted by Gasteiger charge is -2.22. The third-order valence-corrected chi connectivity index (χ3v) is 3.42. The Morgan fingerprint density at radius 3 is 3.00 bits per heavy atom. The second kappa shape index (κ2) is 5.98. The number of rotatable bonds is 5. The van der Waals surface area contributed by atoms with Gasteiger partial charge in [0.05, 0.1) is 12.3 Å². The Morgan fingerprint density at radius 1 is 1.45 bits per heavy atom. The van der Waals surface area contributed by atoms with Gasteiger partial charge in [0, 0.05) is 25.1 Å². The highest BCUT2D eigenvalue weighted by Gasteiger charge is 2.19. The molecule has 7 nitrogen and oxygen atoms in total. The molecule has 7 heteroatoms. The summed E-state index contributed by atoms with van der Waals surface area (Å²) < 4.78 is 7.13. The summed E-state index contributed by atoms with van der Waals surface area (Å²) in [4.78, 5) is 22.5. The van der Waals surface area contributed by atoms with Crippen molar-refractivity contribution in [1.82, 2.24) is 24.6 Å². The molecule has 3 heterocycles. The van der Waals surface area contributed by atoms with Crippen LogP contribution in [0.25, 0.3) is 5.78 Å². The predicted molar refractivity (Wildman–Crippen MR) is 80.5 cm³/mol. The van der Waals surface area contributed by atoms with Crippen molar-refractivity contribution < 1.29 is 9.21 Å². The van der Waals surface area contributed by atoms with Crippen molar-refractivity contribution in [2.75, 3.05) is 20.6 Å². The van der Waals surface area contributed by atoms with E-state index in [1.165, 1.54) is 0 Å². The highest BCUT2D eigenvalue weighted by molar-refractivity contribution is 5.92. The first-order valence-corrected chi connectivity index (χ1v) is 6.93. The topological polar surface area (TPSA) is 75.7 Å². The van der Waals surface area contributed by atoms with Crippen LogP contribution in [-0.4, -0.2) is 45.8 Å². The summed E-state index contributed by atoms with van der Waals surface area (Å²) in [5, 5.41) is 2.89. The van der Waals surface area contributed by atoms with Crippen molar-refractivity contribution in [3.63, 3.8) is 0 Å². The number of furan rings is 1. The molecule has 0 aromatic carbocycles. The fourth-order valence-corrected chi connectivity index (χ4v) is 2.24. The second-order valence-corrected chi connectivity index (χ2v) is 5.16. The highest BCUT2D eigenvalue weighted by atomic mass is 16.3. The molecule has 3 aromatic rings. The summed E-state index contributed by atoms with van der Waals surface area (Å²) in [6, 6.07) is 5.48. The zero-order valence-corrected chi connectivity index (χ0v) is 12.4. The minimum atomic E-state index is -0.232. The fourth-order valence-electron chi connectivity index (χ4n) is 2.24. The molecule has 22 heavy (non-hydrogen) atoms. The number of likely N-dealkylation sites (N-methyl/N-ethyl adjacent to an activating group) is 1. The zero-order chi connectivity index (χ0) is 15.5. The van der Waals surface area contributed by atoms with Crippen molar-refractivity contribution in [1.29, 1.82) is 0 Å². The van der Waals surface area contributed by atoms with Gasteiger partial charge < -0.3 is 9.73 Å². The number of carbonyl (C=O) groups is 1. The first-order valence-electron chi connectivity index (χ1n) is 6.93. The summed E-state index contributed by atoms with van der Waals surface area (Å²) in [6.45, 7) is 0.431. The number of hydrogen-bond acceptors (Lipinski definition) is 5. The third-order valence-electron chi connectivity index (χ3n) is 3.42. The molecule has 0 saturated carbocycles. The number of nitrogens with one attached hydrogen (secondary N) is 1. The molecule has 114 valence electrons. The molecule has 1 N–H and O–H groups in total. The number of imidazole rings is 1. The van der Waals surface area contributed by atoms with Crippen LogP contribution >= 0.6 is 0 Å². The van der Waals surface area contributed by atoms with Gasteiger partial charge >= 0.3 is 0 Å². The lowest BCUT2D eigenvalue weighted by molar-refractivity contribution is 0.0934. The van der Waals surface area contributed by atoms with E-state index in [0.717, 1.165) is 5.76 Å². The molecule has 0 aliphatic carbocycles. The van der Waals surface area contributed by atoms with Gasteiger partial charge in [-0.3, -0.25) is 14.1 Å². The molecule has 1 atom stereocenters. The van der Waals surface area contributed by atoms with E-state index in [9.17, 15) is 4.79 Å². The minimum absolute atomic E-state index is 0.0332. The molecule has 3 rings (SSSR count). The fraction of sp³-hybridized carbons (Fsp3) is 0.267. The number of aromatic nitrogens is 3. The summed E-state index contributed by atoms with van der Waals surface area (Å²) in [5.41, 5.74) is 0.343. The Kier molecular flexibility index (Phi) is 3.88. The van der Waals surface area contributed by atoms with E-state index in [1.807, 2.05) is 31.1 Å². The smallest absolute Gasteiger partial charge is 0.271 e. The van der Waals surface area contributed by atoms with Gasteiger partial charge in [-0.2, -0.15) is 0 Å². The lowest BCUT2D eigenvalue weighted by Crippen LogP contribution is -2.34. The summed E-state index contributed by atoms with van der Waals surface area (Å²) in [6.07, 6.45) is 6.73. The van der Waals surface area contributed by atoms with Gasteiger partial charge in [-0.25, -0.2) is 9.97 Å². The maximum Gasteiger partial charge on any atom is 0.271 e. The van der Waals surface area contributed by atoms with Crippen molar-refractivity contribution in [2.45, 2.75) is 6.04 Å². The summed E-state index contributed by atoms with van der Waals surface area (Å²) in [5.74, 6) is 1.08. The van der Waals surface area contributed by atoms with Crippen LogP contribution < -0.4 is 5.32 Å². The quantitative estimate of drug-likeness (QED) is 0.770. The van der Waals surface area contributed by atoms with E-state index in [0.29, 0.717) is 18.0 Å². The largest absolute Gasteiger partial charge is 0.468 e. The molecular weight excluding hydrogens is 282 g/mol. The Morgan fingerprint density at radius 2 is 2.32 bits per heavy atom. The van der Waals surface area contributed by atoms with Gasteiger partial charge in [0.15, 0.2) is 0 Å². The van der Waals surface area contributed by atoms with Crippen molar-refractivity contribution in [2.24, 2.45) is 0 Å². The summed E-state index contributed by atoms with van der Waals surface area (Å²) >= 11 is 0. The standard InChI is InChI=1S/C15H17N5O2/c1-19(2)12(13-5-3-8-22-13)9-17-14(21)11-10-20-7-4-6-16-15(20)18-11/h3-8,10,12H,9H2,1-2H3,(H,17,21)/t12-/m1/s1. The van der Waals surface area contributed by atoms with E-state index in [1.54, 1.807) is 35.3 Å². The molecule has 3 aromatic heterocycles. The maximum absolute atomic E-state index is 12.2. The van der Waals surface area contributed by atoms with Crippen LogP contribution in [0.1, 0.15) is 22.3 Å². The monoisotopic (exact) mass is 299 g/mol. The van der Waals surface area contributed by atoms with Gasteiger partial charge in [-0.05, 0) is 32.3 Å². The molecular formula is C15H17N5O2. The average molecular weight is 299 g/mol. The molecule has 0 bridgehead atoms. The first kappa shape index (κ1) is 14.3. The SMILES string of the molecule is CN(C)[C@H](CNC(=O)c1cn2cccnc2n1)c1ccco1. The first-order chi connectivity index (χ1) is 10.6. The second-order valence-electron chi connectivity index (χ2n) is 5.16. The normalized spacial score (nSPS) is 12.7. The van der Waals surface area contributed by atoms with Crippen LogP contribution in [-0.2, 0) is 0 Å². The molecule has 1 amide bonds. The van der Waals surface area contributed by atoms with Crippen LogP contribution in [0.4, 0.5) is 0 Å². The van der Waals surface area contributed by atoms with E-state index in [-0.39, 0.29) is 11.9 Å². The number of hydrogen-bond donors (Lipinski definition) is 1. The van der Waals surface area contributed by atoms with Crippen LogP contribution in [0, 0.1) is 0 Å². The zero-order valence-electron chi connectivity index (χ0n) is 12.4. The van der Waals surface area contributed by atoms with Gasteiger partial charge in [-0.1, -0.05) is 0 Å². The molecule has 0 aliphatic heterocycles. The molecule has 0 aliphatic rings. The summed E-state index contributed by atoms with van der Waals surface area (Å²) in [7, 11) is 3.88. The van der Waals surface area contributed by atoms with E-state index in [2.05, 4.69) is 15.3 Å². The highest BCUT2D eigenvalue weighted by Crippen LogP contribution is 2.17. The van der Waals surface area contributed by atoms with Gasteiger partial charge in [-0.15, -0.1) is 0 Å². The maximum atomic E-state index is 12.2. The van der Waals surface area contributed by atoms with Crippen LogP contribution in [0.2, 0.25) is 0 Å². The van der Waals surface area contributed by atoms with Crippen LogP contribution in [0.5, 0.6) is 0 Å². The van der Waals surface area contributed by atoms with E-state index < -0.39 is 0 Å². The molecule has 0 radical (unpaired) electrons. The van der Waals surface area contributed by atoms with Gasteiger partial charge in [0.2, 0.25) is 5.78 Å². The number of nitrogens with zero attached hydrogens (tertiary/aromatic N) is 4. The predicted octanol–water partition coefficient (Wildman–Crippen LogP) is 1.35. The number of amides is 1. The number of fused-ring (bicyclic) bond motifs is 1.